The largest absolute Gasteiger partial charge is 0.416 e. The van der Waals surface area contributed by atoms with Crippen molar-refractivity contribution in [1.82, 2.24) is 20.3 Å². The van der Waals surface area contributed by atoms with Crippen molar-refractivity contribution in [3.8, 4) is 0 Å². The number of hydrogen-bond donors (Lipinski definition) is 2. The monoisotopic (exact) mass is 363 g/mol. The molecule has 1 unspecified atom stereocenters. The summed E-state index contributed by atoms with van der Waals surface area (Å²) in [6, 6.07) is 2.30. The van der Waals surface area contributed by atoms with E-state index in [-0.39, 0.29) is 12.4 Å². The maximum atomic E-state index is 12.5. The smallest absolute Gasteiger partial charge is 0.330 e. The fraction of sp³-hybridized carbons (Fsp3) is 0.357. The molecule has 0 spiro atoms. The van der Waals surface area contributed by atoms with Gasteiger partial charge in [0, 0.05) is 0 Å². The quantitative estimate of drug-likeness (QED) is 0.802. The second-order valence-electron chi connectivity index (χ2n) is 5.22. The number of anilines is 1. The summed E-state index contributed by atoms with van der Waals surface area (Å²) in [6.07, 6.45) is -5.79. The van der Waals surface area contributed by atoms with Crippen LogP contribution >= 0.6 is 0 Å². The topological polar surface area (TPSA) is 71.8 Å². The van der Waals surface area contributed by atoms with E-state index < -0.39 is 30.2 Å². The van der Waals surface area contributed by atoms with Gasteiger partial charge >= 0.3 is 12.2 Å². The van der Waals surface area contributed by atoms with Crippen molar-refractivity contribution in [2.24, 2.45) is 0 Å². The van der Waals surface area contributed by atoms with Crippen LogP contribution in [0.5, 0.6) is 0 Å². The van der Waals surface area contributed by atoms with Gasteiger partial charge in [0.2, 0.25) is 0 Å². The van der Waals surface area contributed by atoms with E-state index in [9.17, 15) is 26.7 Å². The Balaban J connectivity index is 1.94. The molecule has 0 radical (unpaired) electrons. The number of nitrogens with zero attached hydrogens (tertiary/aromatic N) is 3. The van der Waals surface area contributed by atoms with Gasteiger partial charge in [-0.2, -0.15) is 13.2 Å². The van der Waals surface area contributed by atoms with E-state index in [1.807, 2.05) is 5.32 Å². The van der Waals surface area contributed by atoms with Gasteiger partial charge in [0.15, 0.2) is 5.82 Å². The van der Waals surface area contributed by atoms with Crippen LogP contribution < -0.4 is 10.6 Å². The van der Waals surface area contributed by atoms with E-state index in [2.05, 4.69) is 15.6 Å². The molecule has 1 heterocycles. The molecular formula is C14H14F5N5O. The number of rotatable bonds is 5. The number of nitrogens with one attached hydrogen (secondary N) is 2. The summed E-state index contributed by atoms with van der Waals surface area (Å²) in [4.78, 5) is 11.5. The summed E-state index contributed by atoms with van der Waals surface area (Å²) < 4.78 is 63.4. The third-order valence-corrected chi connectivity index (χ3v) is 3.14. The lowest BCUT2D eigenvalue weighted by Crippen LogP contribution is -2.40. The van der Waals surface area contributed by atoms with E-state index in [4.69, 9.17) is 0 Å². The zero-order chi connectivity index (χ0) is 18.6. The van der Waals surface area contributed by atoms with Crippen LogP contribution in [-0.4, -0.2) is 33.5 Å². The van der Waals surface area contributed by atoms with Crippen molar-refractivity contribution in [3.05, 3.63) is 41.6 Å². The highest BCUT2D eigenvalue weighted by Crippen LogP contribution is 2.29. The Labute approximate surface area is 139 Å². The van der Waals surface area contributed by atoms with Gasteiger partial charge in [-0.15, -0.1) is 5.10 Å². The number of urea groups is 1. The van der Waals surface area contributed by atoms with E-state index in [1.165, 1.54) is 23.0 Å². The number of carbonyl (C=O) groups excluding carboxylic acids is 1. The summed E-state index contributed by atoms with van der Waals surface area (Å²) in [7, 11) is 0. The fourth-order valence-electron chi connectivity index (χ4n) is 1.84. The Morgan fingerprint density at radius 3 is 2.44 bits per heavy atom. The van der Waals surface area contributed by atoms with Crippen LogP contribution in [0.4, 0.5) is 32.6 Å². The van der Waals surface area contributed by atoms with Gasteiger partial charge < -0.3 is 5.32 Å². The average Bonchev–Trinajstić information content (AvgIpc) is 2.93. The summed E-state index contributed by atoms with van der Waals surface area (Å²) in [5.74, 6) is 0.0193. The van der Waals surface area contributed by atoms with Gasteiger partial charge in [0.25, 0.3) is 6.43 Å². The molecular weight excluding hydrogens is 349 g/mol. The Bertz CT molecular complexity index is 713. The molecule has 136 valence electrons. The second-order valence-corrected chi connectivity index (χ2v) is 5.22. The molecule has 1 aromatic heterocycles. The van der Waals surface area contributed by atoms with E-state index in [0.717, 1.165) is 19.1 Å². The molecule has 2 N–H and O–H groups in total. The number of halogens is 5. The zero-order valence-electron chi connectivity index (χ0n) is 12.9. The Morgan fingerprint density at radius 1 is 1.24 bits per heavy atom. The van der Waals surface area contributed by atoms with Crippen molar-refractivity contribution >= 4 is 11.8 Å². The standard InChI is InChI=1S/C14H14F5N5O/c1-8(12(15)16)20-13(25)21-11-7-24(23-22-11)6-9-2-4-10(5-3-9)14(17,18)19/h2-5,7-8,12H,6H2,1H3,(H2,20,21,25). The zero-order valence-corrected chi connectivity index (χ0v) is 12.9. The van der Waals surface area contributed by atoms with Crippen LogP contribution in [-0.2, 0) is 12.7 Å². The summed E-state index contributed by atoms with van der Waals surface area (Å²) in [6.45, 7) is 1.27. The molecule has 25 heavy (non-hydrogen) atoms. The van der Waals surface area contributed by atoms with E-state index >= 15 is 0 Å². The number of hydrogen-bond acceptors (Lipinski definition) is 3. The summed E-state index contributed by atoms with van der Waals surface area (Å²) in [5.41, 5.74) is -0.220. The predicted octanol–water partition coefficient (Wildman–Crippen LogP) is 3.12. The lowest BCUT2D eigenvalue weighted by atomic mass is 10.1. The SMILES string of the molecule is CC(NC(=O)Nc1cn(Cc2ccc(C(F)(F)F)cc2)nn1)C(F)F. The molecule has 1 aromatic carbocycles. The minimum Gasteiger partial charge on any atom is -0.330 e. The van der Waals surface area contributed by atoms with Crippen molar-refractivity contribution in [1.29, 1.82) is 0 Å². The third-order valence-electron chi connectivity index (χ3n) is 3.14. The maximum absolute atomic E-state index is 12.5. The predicted molar refractivity (Wildman–Crippen MR) is 78.2 cm³/mol. The first-order valence-corrected chi connectivity index (χ1v) is 7.07. The highest BCUT2D eigenvalue weighted by atomic mass is 19.4. The van der Waals surface area contributed by atoms with Gasteiger partial charge in [-0.05, 0) is 24.6 Å². The third kappa shape index (κ3) is 5.40. The summed E-state index contributed by atoms with van der Waals surface area (Å²) in [5, 5.41) is 11.6. The van der Waals surface area contributed by atoms with Gasteiger partial charge in [-0.3, -0.25) is 5.32 Å². The first-order chi connectivity index (χ1) is 11.6. The average molecular weight is 363 g/mol. The molecule has 11 heteroatoms. The number of amides is 2. The highest BCUT2D eigenvalue weighted by molar-refractivity contribution is 5.88. The lowest BCUT2D eigenvalue weighted by Gasteiger charge is -2.12. The minimum atomic E-state index is -4.41. The van der Waals surface area contributed by atoms with Gasteiger partial charge in [-0.1, -0.05) is 17.3 Å². The molecule has 0 saturated heterocycles. The normalized spacial score (nSPS) is 12.9. The molecule has 1 atom stereocenters. The van der Waals surface area contributed by atoms with Crippen LogP contribution in [0, 0.1) is 0 Å². The molecule has 2 aromatic rings. The number of carbonyl (C=O) groups is 1. The Hall–Kier alpha value is -2.72. The second kappa shape index (κ2) is 7.45. The molecule has 2 amide bonds. The van der Waals surface area contributed by atoms with Crippen LogP contribution in [0.25, 0.3) is 0 Å². The highest BCUT2D eigenvalue weighted by Gasteiger charge is 2.29. The van der Waals surface area contributed by atoms with Gasteiger partial charge in [0.05, 0.1) is 24.3 Å². The minimum absolute atomic E-state index is 0.0193. The first-order valence-electron chi connectivity index (χ1n) is 7.07. The van der Waals surface area contributed by atoms with Crippen LogP contribution in [0.1, 0.15) is 18.1 Å². The van der Waals surface area contributed by atoms with Crippen molar-refractivity contribution in [3.63, 3.8) is 0 Å². The van der Waals surface area contributed by atoms with Gasteiger partial charge in [-0.25, -0.2) is 18.3 Å². The van der Waals surface area contributed by atoms with Crippen LogP contribution in [0.15, 0.2) is 30.5 Å². The fourth-order valence-corrected chi connectivity index (χ4v) is 1.84. The first kappa shape index (κ1) is 18.6. The number of aromatic nitrogens is 3. The lowest BCUT2D eigenvalue weighted by molar-refractivity contribution is -0.137. The molecule has 2 rings (SSSR count). The van der Waals surface area contributed by atoms with Crippen LogP contribution in [0.2, 0.25) is 0 Å². The molecule has 0 bridgehead atoms. The maximum Gasteiger partial charge on any atom is 0.416 e. The molecule has 0 saturated carbocycles. The van der Waals surface area contributed by atoms with Crippen LogP contribution in [0.3, 0.4) is 0 Å². The molecule has 0 aliphatic heterocycles. The van der Waals surface area contributed by atoms with Gasteiger partial charge in [0.1, 0.15) is 0 Å². The number of benzene rings is 1. The molecule has 0 aliphatic carbocycles. The Kier molecular flexibility index (Phi) is 5.55. The number of alkyl halides is 5. The van der Waals surface area contributed by atoms with Crippen molar-refractivity contribution < 1.29 is 26.7 Å². The molecule has 0 fully saturated rings. The van der Waals surface area contributed by atoms with E-state index in [1.54, 1.807) is 0 Å². The molecule has 0 aliphatic rings. The Morgan fingerprint density at radius 2 is 1.88 bits per heavy atom. The van der Waals surface area contributed by atoms with Crippen molar-refractivity contribution in [2.45, 2.75) is 32.1 Å². The van der Waals surface area contributed by atoms with E-state index in [0.29, 0.717) is 5.56 Å². The summed E-state index contributed by atoms with van der Waals surface area (Å²) >= 11 is 0. The van der Waals surface area contributed by atoms with Crippen molar-refractivity contribution in [2.75, 3.05) is 5.32 Å². The molecule has 6 nitrogen and oxygen atoms in total.